The molecule has 0 aromatic heterocycles. The van der Waals surface area contributed by atoms with Gasteiger partial charge < -0.3 is 10.1 Å². The molecule has 1 N–H and O–H groups in total. The van der Waals surface area contributed by atoms with Crippen LogP contribution in [0.15, 0.2) is 18.2 Å². The van der Waals surface area contributed by atoms with Crippen LogP contribution >= 0.6 is 23.2 Å². The van der Waals surface area contributed by atoms with Crippen LogP contribution in [0.25, 0.3) is 0 Å². The average molecular weight is 302 g/mol. The van der Waals surface area contributed by atoms with Crippen molar-refractivity contribution in [3.8, 4) is 5.75 Å². The van der Waals surface area contributed by atoms with Gasteiger partial charge in [0.05, 0.1) is 10.0 Å². The molecule has 1 aliphatic carbocycles. The molecular formula is C15H21Cl2NO. The van der Waals surface area contributed by atoms with E-state index in [2.05, 4.69) is 12.2 Å². The summed E-state index contributed by atoms with van der Waals surface area (Å²) < 4.78 is 5.66. The Balaban J connectivity index is 1.70. The molecule has 0 radical (unpaired) electrons. The molecule has 106 valence electrons. The second kappa shape index (κ2) is 7.37. The lowest BCUT2D eigenvalue weighted by Gasteiger charge is -2.29. The fraction of sp³-hybridized carbons (Fsp3) is 0.600. The fourth-order valence-electron chi connectivity index (χ4n) is 2.60. The zero-order valence-corrected chi connectivity index (χ0v) is 12.8. The van der Waals surface area contributed by atoms with Crippen molar-refractivity contribution in [2.24, 2.45) is 5.92 Å². The van der Waals surface area contributed by atoms with Gasteiger partial charge in [0.15, 0.2) is 0 Å². The SMILES string of the molecule is CC1CCCCC1NCCOc1ccc(Cl)c(Cl)c1. The first-order valence-corrected chi connectivity index (χ1v) is 7.73. The predicted molar refractivity (Wildman–Crippen MR) is 81.4 cm³/mol. The summed E-state index contributed by atoms with van der Waals surface area (Å²) in [5.74, 6) is 1.55. The Labute approximate surface area is 125 Å². The van der Waals surface area contributed by atoms with Gasteiger partial charge in [-0.05, 0) is 30.9 Å². The van der Waals surface area contributed by atoms with Crippen molar-refractivity contribution in [2.45, 2.75) is 38.6 Å². The average Bonchev–Trinajstić information content (AvgIpc) is 2.40. The molecule has 1 aromatic rings. The van der Waals surface area contributed by atoms with Crippen LogP contribution in [0.5, 0.6) is 5.75 Å². The highest BCUT2D eigenvalue weighted by Gasteiger charge is 2.20. The lowest BCUT2D eigenvalue weighted by atomic mass is 9.86. The summed E-state index contributed by atoms with van der Waals surface area (Å²) in [7, 11) is 0. The van der Waals surface area contributed by atoms with Crippen LogP contribution < -0.4 is 10.1 Å². The molecule has 0 saturated heterocycles. The molecule has 19 heavy (non-hydrogen) atoms. The third kappa shape index (κ3) is 4.55. The summed E-state index contributed by atoms with van der Waals surface area (Å²) in [6, 6.07) is 6.01. The number of hydrogen-bond acceptors (Lipinski definition) is 2. The van der Waals surface area contributed by atoms with Gasteiger partial charge in [0.25, 0.3) is 0 Å². The van der Waals surface area contributed by atoms with Crippen molar-refractivity contribution in [2.75, 3.05) is 13.2 Å². The Hall–Kier alpha value is -0.440. The van der Waals surface area contributed by atoms with E-state index in [1.165, 1.54) is 25.7 Å². The van der Waals surface area contributed by atoms with Crippen LogP contribution in [0, 0.1) is 5.92 Å². The van der Waals surface area contributed by atoms with Gasteiger partial charge in [-0.25, -0.2) is 0 Å². The summed E-state index contributed by atoms with van der Waals surface area (Å²) in [5, 5.41) is 4.68. The van der Waals surface area contributed by atoms with Gasteiger partial charge in [-0.3, -0.25) is 0 Å². The summed E-state index contributed by atoms with van der Waals surface area (Å²) >= 11 is 11.8. The highest BCUT2D eigenvalue weighted by atomic mass is 35.5. The molecule has 1 aliphatic rings. The smallest absolute Gasteiger partial charge is 0.120 e. The van der Waals surface area contributed by atoms with E-state index in [9.17, 15) is 0 Å². The minimum Gasteiger partial charge on any atom is -0.492 e. The molecule has 4 heteroatoms. The number of halogens is 2. The first kappa shape index (κ1) is 15.0. The number of rotatable bonds is 5. The third-order valence-corrected chi connectivity index (χ3v) is 4.52. The van der Waals surface area contributed by atoms with E-state index in [-0.39, 0.29) is 0 Å². The monoisotopic (exact) mass is 301 g/mol. The summed E-state index contributed by atoms with van der Waals surface area (Å²) in [5.41, 5.74) is 0. The number of benzene rings is 1. The molecule has 0 amide bonds. The van der Waals surface area contributed by atoms with E-state index in [0.717, 1.165) is 18.2 Å². The van der Waals surface area contributed by atoms with E-state index >= 15 is 0 Å². The Morgan fingerprint density at radius 2 is 2.00 bits per heavy atom. The standard InChI is InChI=1S/C15H21Cl2NO/c1-11-4-2-3-5-15(11)18-8-9-19-12-6-7-13(16)14(17)10-12/h6-7,10-11,15,18H,2-5,8-9H2,1H3. The van der Waals surface area contributed by atoms with E-state index < -0.39 is 0 Å². The van der Waals surface area contributed by atoms with Crippen molar-refractivity contribution < 1.29 is 4.74 Å². The van der Waals surface area contributed by atoms with Crippen molar-refractivity contribution in [3.05, 3.63) is 28.2 Å². The molecule has 1 aromatic carbocycles. The van der Waals surface area contributed by atoms with E-state index in [0.29, 0.717) is 22.7 Å². The quantitative estimate of drug-likeness (QED) is 0.806. The van der Waals surface area contributed by atoms with Crippen LogP contribution in [0.4, 0.5) is 0 Å². The number of nitrogens with one attached hydrogen (secondary N) is 1. The number of ether oxygens (including phenoxy) is 1. The second-order valence-corrected chi connectivity index (χ2v) is 6.06. The van der Waals surface area contributed by atoms with Gasteiger partial charge in [-0.15, -0.1) is 0 Å². The molecule has 2 rings (SSSR count). The maximum atomic E-state index is 5.94. The summed E-state index contributed by atoms with van der Waals surface area (Å²) in [4.78, 5) is 0. The fourth-order valence-corrected chi connectivity index (χ4v) is 2.89. The molecular weight excluding hydrogens is 281 g/mol. The van der Waals surface area contributed by atoms with Gasteiger partial charge >= 0.3 is 0 Å². The molecule has 1 fully saturated rings. The lowest BCUT2D eigenvalue weighted by molar-refractivity contribution is 0.251. The van der Waals surface area contributed by atoms with Crippen molar-refractivity contribution >= 4 is 23.2 Å². The zero-order chi connectivity index (χ0) is 13.7. The Kier molecular flexibility index (Phi) is 5.80. The van der Waals surface area contributed by atoms with Crippen LogP contribution in [-0.2, 0) is 0 Å². The van der Waals surface area contributed by atoms with E-state index in [4.69, 9.17) is 27.9 Å². The maximum Gasteiger partial charge on any atom is 0.120 e. The topological polar surface area (TPSA) is 21.3 Å². The molecule has 2 unspecified atom stereocenters. The molecule has 2 atom stereocenters. The van der Waals surface area contributed by atoms with Crippen LogP contribution in [0.2, 0.25) is 10.0 Å². The normalized spacial score (nSPS) is 23.3. The number of hydrogen-bond donors (Lipinski definition) is 1. The van der Waals surface area contributed by atoms with Gasteiger partial charge in [0.1, 0.15) is 12.4 Å². The van der Waals surface area contributed by atoms with E-state index in [1.807, 2.05) is 6.07 Å². The zero-order valence-electron chi connectivity index (χ0n) is 11.3. The van der Waals surface area contributed by atoms with E-state index in [1.54, 1.807) is 12.1 Å². The molecule has 0 aliphatic heterocycles. The summed E-state index contributed by atoms with van der Waals surface area (Å²) in [6.07, 6.45) is 5.34. The van der Waals surface area contributed by atoms with Crippen LogP contribution in [-0.4, -0.2) is 19.2 Å². The predicted octanol–water partition coefficient (Wildman–Crippen LogP) is 4.54. The minimum atomic E-state index is 0.535. The Bertz CT molecular complexity index is 411. The second-order valence-electron chi connectivity index (χ2n) is 5.25. The van der Waals surface area contributed by atoms with Crippen molar-refractivity contribution in [3.63, 3.8) is 0 Å². The minimum absolute atomic E-state index is 0.535. The highest BCUT2D eigenvalue weighted by molar-refractivity contribution is 6.42. The molecule has 0 heterocycles. The maximum absolute atomic E-state index is 5.94. The molecule has 0 bridgehead atoms. The third-order valence-electron chi connectivity index (χ3n) is 3.78. The molecule has 0 spiro atoms. The summed E-state index contributed by atoms with van der Waals surface area (Å²) in [6.45, 7) is 3.85. The van der Waals surface area contributed by atoms with Gasteiger partial charge in [0.2, 0.25) is 0 Å². The van der Waals surface area contributed by atoms with Crippen molar-refractivity contribution in [1.82, 2.24) is 5.32 Å². The van der Waals surface area contributed by atoms with Crippen LogP contribution in [0.1, 0.15) is 32.6 Å². The Morgan fingerprint density at radius 3 is 2.74 bits per heavy atom. The first-order valence-electron chi connectivity index (χ1n) is 6.98. The van der Waals surface area contributed by atoms with Gasteiger partial charge in [0, 0.05) is 18.7 Å². The largest absolute Gasteiger partial charge is 0.492 e. The van der Waals surface area contributed by atoms with Gasteiger partial charge in [-0.2, -0.15) is 0 Å². The highest BCUT2D eigenvalue weighted by Crippen LogP contribution is 2.26. The first-order chi connectivity index (χ1) is 9.16. The lowest BCUT2D eigenvalue weighted by Crippen LogP contribution is -2.39. The molecule has 2 nitrogen and oxygen atoms in total. The molecule has 1 saturated carbocycles. The van der Waals surface area contributed by atoms with Crippen molar-refractivity contribution in [1.29, 1.82) is 0 Å². The Morgan fingerprint density at radius 1 is 1.21 bits per heavy atom. The van der Waals surface area contributed by atoms with Gasteiger partial charge in [-0.1, -0.05) is 43.0 Å². The van der Waals surface area contributed by atoms with Crippen LogP contribution in [0.3, 0.4) is 0 Å².